The summed E-state index contributed by atoms with van der Waals surface area (Å²) >= 11 is 0. The van der Waals surface area contributed by atoms with Gasteiger partial charge >= 0.3 is 0 Å². The van der Waals surface area contributed by atoms with E-state index in [2.05, 4.69) is 0 Å². The van der Waals surface area contributed by atoms with Crippen molar-refractivity contribution in [1.29, 1.82) is 0 Å². The van der Waals surface area contributed by atoms with Crippen molar-refractivity contribution in [3.05, 3.63) is 52.8 Å². The first kappa shape index (κ1) is 22.2. The number of carbonyl (C=O) groups is 4. The van der Waals surface area contributed by atoms with E-state index in [-0.39, 0.29) is 24.2 Å². The van der Waals surface area contributed by atoms with E-state index < -0.39 is 64.0 Å². The number of ketones is 3. The van der Waals surface area contributed by atoms with Crippen LogP contribution in [-0.2, 0) is 20.8 Å². The van der Waals surface area contributed by atoms with Crippen LogP contribution in [0.15, 0.2) is 41.7 Å². The summed E-state index contributed by atoms with van der Waals surface area (Å²) < 4.78 is 0. The summed E-state index contributed by atoms with van der Waals surface area (Å²) in [6, 6.07) is 7.72. The fourth-order valence-electron chi connectivity index (χ4n) is 6.18. The number of fused-ring (bicyclic) bond motifs is 4. The monoisotopic (exact) mass is 464 g/mol. The first-order valence-electron chi connectivity index (χ1n) is 11.0. The summed E-state index contributed by atoms with van der Waals surface area (Å²) in [5.74, 6) is -8.02. The zero-order valence-corrected chi connectivity index (χ0v) is 18.6. The lowest BCUT2D eigenvalue weighted by atomic mass is 9.54. The van der Waals surface area contributed by atoms with Gasteiger partial charge in [-0.05, 0) is 43.8 Å². The Morgan fingerprint density at radius 3 is 2.44 bits per heavy atom. The fourth-order valence-corrected chi connectivity index (χ4v) is 6.18. The third kappa shape index (κ3) is 2.68. The van der Waals surface area contributed by atoms with Crippen LogP contribution < -0.4 is 5.73 Å². The molecular formula is C25H24N2O7. The second-order valence-electron chi connectivity index (χ2n) is 9.62. The third-order valence-corrected chi connectivity index (χ3v) is 7.63. The standard InChI is InChI=1S/C25H24N2O7/c1-27(2)18-14-9-12-8-11-7-10-5-3-4-6-13(10)19(28)15(11)20(29)16(12)22(31)25(14,34)23(32)17(21(18)30)24(26)33/h3-7,12,14,16,18,28,32,34H,8-9H2,1-2H3,(H2,26,33)/t12-,14-,16?,18-,25-/m0/s1. The molecule has 0 bridgehead atoms. The van der Waals surface area contributed by atoms with E-state index in [1.54, 1.807) is 26.2 Å². The van der Waals surface area contributed by atoms with Gasteiger partial charge < -0.3 is 21.1 Å². The highest BCUT2D eigenvalue weighted by molar-refractivity contribution is 6.25. The smallest absolute Gasteiger partial charge is 0.255 e. The van der Waals surface area contributed by atoms with Crippen molar-refractivity contribution in [2.45, 2.75) is 24.5 Å². The highest BCUT2D eigenvalue weighted by Crippen LogP contribution is 2.52. The van der Waals surface area contributed by atoms with E-state index >= 15 is 0 Å². The van der Waals surface area contributed by atoms with Crippen LogP contribution >= 0.6 is 0 Å². The van der Waals surface area contributed by atoms with Crippen LogP contribution in [0.1, 0.15) is 22.3 Å². The SMILES string of the molecule is CN(C)[C@@H]1C(=O)C(C(N)=O)=C(O)[C@@]2(O)C(=O)C3C(=O)c4c(cc5ccccc5c4O)C[C@H]3C[C@@H]12. The number of nitrogens with zero attached hydrogens (tertiary/aromatic N) is 1. The molecule has 3 aliphatic rings. The number of carbonyl (C=O) groups excluding carboxylic acids is 4. The number of phenols is 1. The average molecular weight is 464 g/mol. The number of aliphatic hydroxyl groups is 2. The van der Waals surface area contributed by atoms with Crippen molar-refractivity contribution in [3.63, 3.8) is 0 Å². The Morgan fingerprint density at radius 2 is 1.79 bits per heavy atom. The van der Waals surface area contributed by atoms with Crippen molar-refractivity contribution in [2.75, 3.05) is 14.1 Å². The minimum atomic E-state index is -2.63. The van der Waals surface area contributed by atoms with E-state index in [0.717, 1.165) is 5.39 Å². The summed E-state index contributed by atoms with van der Waals surface area (Å²) in [5.41, 5.74) is 2.45. The molecule has 9 heteroatoms. The third-order valence-electron chi connectivity index (χ3n) is 7.63. The summed E-state index contributed by atoms with van der Waals surface area (Å²) in [5, 5.41) is 34.5. The van der Waals surface area contributed by atoms with Gasteiger partial charge in [-0.3, -0.25) is 24.1 Å². The number of primary amides is 1. The number of phenolic OH excluding ortho intramolecular Hbond substituents is 1. The van der Waals surface area contributed by atoms with Gasteiger partial charge in [0.1, 0.15) is 17.1 Å². The van der Waals surface area contributed by atoms with Crippen LogP contribution in [0.25, 0.3) is 10.8 Å². The van der Waals surface area contributed by atoms with E-state index in [1.807, 2.05) is 18.2 Å². The molecule has 9 nitrogen and oxygen atoms in total. The van der Waals surface area contributed by atoms with Gasteiger partial charge in [0.25, 0.3) is 5.91 Å². The summed E-state index contributed by atoms with van der Waals surface area (Å²) in [6.07, 6.45) is 0.334. The molecular weight excluding hydrogens is 440 g/mol. The topological polar surface area (TPSA) is 158 Å². The predicted molar refractivity (Wildman–Crippen MR) is 120 cm³/mol. The van der Waals surface area contributed by atoms with E-state index in [1.165, 1.54) is 4.90 Å². The maximum absolute atomic E-state index is 13.7. The molecule has 176 valence electrons. The van der Waals surface area contributed by atoms with Crippen molar-refractivity contribution < 1.29 is 34.5 Å². The molecule has 0 saturated heterocycles. The Kier molecular flexibility index (Phi) is 4.72. The number of amides is 1. The van der Waals surface area contributed by atoms with Crippen molar-refractivity contribution in [1.82, 2.24) is 4.90 Å². The molecule has 0 aliphatic heterocycles. The molecule has 1 fully saturated rings. The molecule has 2 aromatic rings. The van der Waals surface area contributed by atoms with E-state index in [9.17, 15) is 34.5 Å². The molecule has 0 heterocycles. The first-order valence-corrected chi connectivity index (χ1v) is 11.0. The number of Topliss-reactive ketones (excluding diaryl/α,β-unsaturated/α-hetero) is 3. The van der Waals surface area contributed by atoms with Gasteiger partial charge in [0.05, 0.1) is 17.5 Å². The van der Waals surface area contributed by atoms with Gasteiger partial charge in [-0.15, -0.1) is 0 Å². The number of likely N-dealkylation sites (N-methyl/N-ethyl adjacent to an activating group) is 1. The summed E-state index contributed by atoms with van der Waals surface area (Å²) in [7, 11) is 3.12. The second-order valence-corrected chi connectivity index (χ2v) is 9.62. The number of aliphatic hydroxyl groups excluding tert-OH is 1. The fraction of sp³-hybridized carbons (Fsp3) is 0.360. The molecule has 5 N–H and O–H groups in total. The number of nitrogens with two attached hydrogens (primary N) is 1. The highest BCUT2D eigenvalue weighted by atomic mass is 16.3. The van der Waals surface area contributed by atoms with Crippen LogP contribution in [0.5, 0.6) is 5.75 Å². The summed E-state index contributed by atoms with van der Waals surface area (Å²) in [6.45, 7) is 0. The lowest BCUT2D eigenvalue weighted by Gasteiger charge is -2.51. The molecule has 5 atom stereocenters. The van der Waals surface area contributed by atoms with Crippen molar-refractivity contribution in [3.8, 4) is 5.75 Å². The van der Waals surface area contributed by atoms with Gasteiger partial charge in [-0.25, -0.2) is 0 Å². The van der Waals surface area contributed by atoms with Crippen molar-refractivity contribution >= 4 is 34.0 Å². The average Bonchev–Trinajstić information content (AvgIpc) is 2.76. The maximum Gasteiger partial charge on any atom is 0.255 e. The zero-order chi connectivity index (χ0) is 24.7. The normalized spacial score (nSPS) is 30.9. The first-order chi connectivity index (χ1) is 16.0. The van der Waals surface area contributed by atoms with Crippen LogP contribution in [0, 0.1) is 17.8 Å². The number of hydrogen-bond acceptors (Lipinski definition) is 8. The molecule has 0 spiro atoms. The van der Waals surface area contributed by atoms with Gasteiger partial charge in [0.15, 0.2) is 23.0 Å². The Balaban J connectivity index is 1.70. The highest BCUT2D eigenvalue weighted by Gasteiger charge is 2.66. The molecule has 3 aliphatic carbocycles. The molecule has 0 aromatic heterocycles. The van der Waals surface area contributed by atoms with E-state index in [0.29, 0.717) is 10.9 Å². The second kappa shape index (κ2) is 7.22. The minimum absolute atomic E-state index is 0.0185. The Morgan fingerprint density at radius 1 is 1.12 bits per heavy atom. The van der Waals surface area contributed by atoms with Gasteiger partial charge in [0.2, 0.25) is 0 Å². The van der Waals surface area contributed by atoms with E-state index in [4.69, 9.17) is 5.73 Å². The molecule has 1 amide bonds. The molecule has 1 unspecified atom stereocenters. The van der Waals surface area contributed by atoms with Crippen LogP contribution in [0.3, 0.4) is 0 Å². The Bertz CT molecular complexity index is 1340. The Hall–Kier alpha value is -3.56. The van der Waals surface area contributed by atoms with Crippen molar-refractivity contribution in [2.24, 2.45) is 23.5 Å². The summed E-state index contributed by atoms with van der Waals surface area (Å²) in [4.78, 5) is 53.8. The zero-order valence-electron chi connectivity index (χ0n) is 18.6. The lowest BCUT2D eigenvalue weighted by Crippen LogP contribution is -2.68. The van der Waals surface area contributed by atoms with Gasteiger partial charge in [-0.1, -0.05) is 30.3 Å². The quantitative estimate of drug-likeness (QED) is 0.372. The Labute approximate surface area is 194 Å². The number of aromatic hydroxyl groups is 1. The maximum atomic E-state index is 13.7. The largest absolute Gasteiger partial charge is 0.508 e. The number of rotatable bonds is 2. The van der Waals surface area contributed by atoms with Gasteiger partial charge in [-0.2, -0.15) is 0 Å². The molecule has 5 rings (SSSR count). The molecule has 34 heavy (non-hydrogen) atoms. The molecule has 1 saturated carbocycles. The van der Waals surface area contributed by atoms with Crippen LogP contribution in [0.4, 0.5) is 0 Å². The van der Waals surface area contributed by atoms with Crippen LogP contribution in [0.2, 0.25) is 0 Å². The number of hydrogen-bond donors (Lipinski definition) is 4. The minimum Gasteiger partial charge on any atom is -0.508 e. The lowest BCUT2D eigenvalue weighted by molar-refractivity contribution is -0.163. The predicted octanol–water partition coefficient (Wildman–Crippen LogP) is 0.647. The van der Waals surface area contributed by atoms with Gasteiger partial charge in [0, 0.05) is 11.3 Å². The number of benzene rings is 2. The molecule has 2 aromatic carbocycles. The van der Waals surface area contributed by atoms with Crippen LogP contribution in [-0.4, -0.2) is 69.2 Å². The molecule has 0 radical (unpaired) electrons.